The third-order valence-corrected chi connectivity index (χ3v) is 8.83. The number of anilines is 1. The van der Waals surface area contributed by atoms with Gasteiger partial charge in [0, 0.05) is 41.9 Å². The summed E-state index contributed by atoms with van der Waals surface area (Å²) in [6.07, 6.45) is 8.82. The summed E-state index contributed by atoms with van der Waals surface area (Å²) in [7, 11) is 5.24. The fourth-order valence-corrected chi connectivity index (χ4v) is 6.79. The van der Waals surface area contributed by atoms with Gasteiger partial charge < -0.3 is 14.4 Å². The maximum Gasteiger partial charge on any atom is 0.196 e. The van der Waals surface area contributed by atoms with Gasteiger partial charge in [0.1, 0.15) is 16.9 Å². The van der Waals surface area contributed by atoms with E-state index in [-0.39, 0.29) is 17.6 Å². The SMILES string of the molecule is COc1cc2sc(N(C)C)c(C(=O)c3ccc(OC4CCCCC4N4CCCCC4)cc3)c2cc1F. The predicted molar refractivity (Wildman–Crippen MR) is 145 cm³/mol. The molecule has 0 amide bonds. The van der Waals surface area contributed by atoms with Crippen molar-refractivity contribution >= 4 is 32.2 Å². The Kier molecular flexibility index (Phi) is 7.49. The molecule has 7 heteroatoms. The lowest BCUT2D eigenvalue weighted by Gasteiger charge is -2.41. The smallest absolute Gasteiger partial charge is 0.196 e. The predicted octanol–water partition coefficient (Wildman–Crippen LogP) is 6.52. The highest BCUT2D eigenvalue weighted by Gasteiger charge is 2.32. The van der Waals surface area contributed by atoms with E-state index < -0.39 is 5.82 Å². The number of halogens is 1. The van der Waals surface area contributed by atoms with Crippen LogP contribution in [-0.2, 0) is 0 Å². The lowest BCUT2D eigenvalue weighted by molar-refractivity contribution is 0.0261. The fourth-order valence-electron chi connectivity index (χ4n) is 5.66. The second-order valence-electron chi connectivity index (χ2n) is 10.1. The number of ketones is 1. The number of methoxy groups -OCH3 is 1. The Hall–Kier alpha value is -2.64. The third-order valence-electron chi connectivity index (χ3n) is 7.51. The average molecular weight is 511 g/mol. The van der Waals surface area contributed by atoms with Gasteiger partial charge in [-0.2, -0.15) is 0 Å². The van der Waals surface area contributed by atoms with Crippen LogP contribution in [0.4, 0.5) is 9.39 Å². The zero-order chi connectivity index (χ0) is 25.2. The van der Waals surface area contributed by atoms with Crippen molar-refractivity contribution in [1.29, 1.82) is 0 Å². The molecule has 2 aliphatic rings. The van der Waals surface area contributed by atoms with Gasteiger partial charge in [-0.1, -0.05) is 12.8 Å². The van der Waals surface area contributed by atoms with E-state index in [1.54, 1.807) is 6.07 Å². The molecule has 2 unspecified atom stereocenters. The van der Waals surface area contributed by atoms with Gasteiger partial charge in [-0.3, -0.25) is 9.69 Å². The Labute approximate surface area is 216 Å². The van der Waals surface area contributed by atoms with Gasteiger partial charge in [0.15, 0.2) is 17.3 Å². The fraction of sp³-hybridized carbons (Fsp3) is 0.483. The van der Waals surface area contributed by atoms with E-state index in [1.165, 1.54) is 76.1 Å². The molecule has 0 spiro atoms. The molecule has 0 radical (unpaired) electrons. The topological polar surface area (TPSA) is 42.0 Å². The summed E-state index contributed by atoms with van der Waals surface area (Å²) in [5, 5.41) is 1.41. The molecule has 1 saturated heterocycles. The van der Waals surface area contributed by atoms with Gasteiger partial charge >= 0.3 is 0 Å². The quantitative estimate of drug-likeness (QED) is 0.339. The molecule has 5 nitrogen and oxygen atoms in total. The summed E-state index contributed by atoms with van der Waals surface area (Å²) in [5.41, 5.74) is 1.09. The zero-order valence-corrected chi connectivity index (χ0v) is 22.2. The van der Waals surface area contributed by atoms with Crippen LogP contribution in [0.2, 0.25) is 0 Å². The molecule has 2 heterocycles. The number of hydrogen-bond donors (Lipinski definition) is 0. The average Bonchev–Trinajstić information content (AvgIpc) is 3.27. The highest BCUT2D eigenvalue weighted by atomic mass is 32.1. The van der Waals surface area contributed by atoms with E-state index in [4.69, 9.17) is 9.47 Å². The second-order valence-corrected chi connectivity index (χ2v) is 11.1. The van der Waals surface area contributed by atoms with Crippen LogP contribution in [0.15, 0.2) is 36.4 Å². The highest BCUT2D eigenvalue weighted by Crippen LogP contribution is 2.41. The minimum atomic E-state index is -0.471. The molecule has 192 valence electrons. The number of rotatable bonds is 7. The van der Waals surface area contributed by atoms with Crippen LogP contribution in [-0.4, -0.2) is 57.1 Å². The maximum absolute atomic E-state index is 14.6. The summed E-state index contributed by atoms with van der Waals surface area (Å²) < 4.78 is 27.0. The Morgan fingerprint density at radius 2 is 1.75 bits per heavy atom. The molecule has 1 aliphatic heterocycles. The van der Waals surface area contributed by atoms with Crippen LogP contribution in [0.1, 0.15) is 60.9 Å². The summed E-state index contributed by atoms with van der Waals surface area (Å²) >= 11 is 1.46. The summed E-state index contributed by atoms with van der Waals surface area (Å²) in [6, 6.07) is 11.0. The monoisotopic (exact) mass is 510 g/mol. The maximum atomic E-state index is 14.6. The number of nitrogens with zero attached hydrogens (tertiary/aromatic N) is 2. The number of benzene rings is 2. The Balaban J connectivity index is 1.38. The molecule has 3 aromatic rings. The molecule has 2 atom stereocenters. The van der Waals surface area contributed by atoms with Crippen molar-refractivity contribution in [1.82, 2.24) is 4.90 Å². The number of piperidine rings is 1. The van der Waals surface area contributed by atoms with Gasteiger partial charge in [0.2, 0.25) is 0 Å². The Morgan fingerprint density at radius 3 is 2.44 bits per heavy atom. The minimum Gasteiger partial charge on any atom is -0.494 e. The molecule has 1 aliphatic carbocycles. The molecule has 2 fully saturated rings. The first-order valence-corrected chi connectivity index (χ1v) is 13.8. The van der Waals surface area contributed by atoms with Gasteiger partial charge in [0.05, 0.1) is 12.7 Å². The van der Waals surface area contributed by atoms with Crippen molar-refractivity contribution in [3.05, 3.63) is 53.3 Å². The van der Waals surface area contributed by atoms with E-state index >= 15 is 0 Å². The minimum absolute atomic E-state index is 0.120. The number of hydrogen-bond acceptors (Lipinski definition) is 6. The zero-order valence-electron chi connectivity index (χ0n) is 21.4. The van der Waals surface area contributed by atoms with Gasteiger partial charge in [-0.15, -0.1) is 11.3 Å². The molecular formula is C29H35FN2O3S. The second kappa shape index (κ2) is 10.8. The van der Waals surface area contributed by atoms with Crippen molar-refractivity contribution in [2.75, 3.05) is 39.2 Å². The first-order chi connectivity index (χ1) is 17.5. The number of fused-ring (bicyclic) bond motifs is 1. The standard InChI is InChI=1S/C29H35FN2O3S/c1-31(2)29-27(21-17-22(30)25(34-3)18-26(21)36-29)28(33)19-11-13-20(14-12-19)35-24-10-6-5-9-23(24)32-15-7-4-8-16-32/h11-14,17-18,23-24H,4-10,15-16H2,1-3H3. The van der Waals surface area contributed by atoms with E-state index in [0.717, 1.165) is 21.9 Å². The lowest BCUT2D eigenvalue weighted by atomic mass is 9.90. The Bertz CT molecular complexity index is 1220. The van der Waals surface area contributed by atoms with Crippen LogP contribution in [0.5, 0.6) is 11.5 Å². The molecular weight excluding hydrogens is 475 g/mol. The van der Waals surface area contributed by atoms with E-state index in [1.807, 2.05) is 43.3 Å². The van der Waals surface area contributed by atoms with Crippen molar-refractivity contribution in [2.24, 2.45) is 0 Å². The van der Waals surface area contributed by atoms with E-state index in [9.17, 15) is 9.18 Å². The molecule has 36 heavy (non-hydrogen) atoms. The molecule has 2 aromatic carbocycles. The van der Waals surface area contributed by atoms with Crippen molar-refractivity contribution in [3.63, 3.8) is 0 Å². The van der Waals surface area contributed by atoms with Crippen molar-refractivity contribution in [2.45, 2.75) is 57.1 Å². The summed E-state index contributed by atoms with van der Waals surface area (Å²) in [4.78, 5) is 18.2. The van der Waals surface area contributed by atoms with Crippen LogP contribution in [0.3, 0.4) is 0 Å². The third kappa shape index (κ3) is 4.96. The number of thiophene rings is 1. The first-order valence-electron chi connectivity index (χ1n) is 13.0. The number of carbonyl (C=O) groups excluding carboxylic acids is 1. The van der Waals surface area contributed by atoms with E-state index in [2.05, 4.69) is 4.90 Å². The van der Waals surface area contributed by atoms with Gasteiger partial charge in [-0.05, 0) is 75.5 Å². The van der Waals surface area contributed by atoms with E-state index in [0.29, 0.717) is 22.6 Å². The summed E-state index contributed by atoms with van der Waals surface area (Å²) in [5.74, 6) is 0.394. The largest absolute Gasteiger partial charge is 0.494 e. The lowest BCUT2D eigenvalue weighted by Crippen LogP contribution is -2.49. The molecule has 1 aromatic heterocycles. The van der Waals surface area contributed by atoms with Gasteiger partial charge in [0.25, 0.3) is 0 Å². The van der Waals surface area contributed by atoms with Crippen LogP contribution < -0.4 is 14.4 Å². The normalized spacial score (nSPS) is 20.9. The molecule has 5 rings (SSSR count). The number of ether oxygens (including phenoxy) is 2. The van der Waals surface area contributed by atoms with Crippen LogP contribution in [0.25, 0.3) is 10.1 Å². The first kappa shape index (κ1) is 25.0. The van der Waals surface area contributed by atoms with Crippen LogP contribution >= 0.6 is 11.3 Å². The number of likely N-dealkylation sites (tertiary alicyclic amines) is 1. The van der Waals surface area contributed by atoms with Crippen molar-refractivity contribution < 1.29 is 18.7 Å². The van der Waals surface area contributed by atoms with Crippen molar-refractivity contribution in [3.8, 4) is 11.5 Å². The van der Waals surface area contributed by atoms with Crippen LogP contribution in [0, 0.1) is 5.82 Å². The number of carbonyl (C=O) groups is 1. The van der Waals surface area contributed by atoms with Gasteiger partial charge in [-0.25, -0.2) is 4.39 Å². The molecule has 1 saturated carbocycles. The molecule has 0 N–H and O–H groups in total. The Morgan fingerprint density at radius 1 is 1.03 bits per heavy atom. The highest BCUT2D eigenvalue weighted by molar-refractivity contribution is 7.23. The molecule has 0 bridgehead atoms. The summed E-state index contributed by atoms with van der Waals surface area (Å²) in [6.45, 7) is 2.35.